The molecule has 10 heteroatoms. The Kier molecular flexibility index (Phi) is 4.89. The van der Waals surface area contributed by atoms with Crippen LogP contribution in [0.15, 0.2) is 64.9 Å². The highest BCUT2D eigenvalue weighted by atomic mass is 32.2. The average Bonchev–Trinajstić information content (AvgIpc) is 3.37. The number of amides is 1. The normalized spacial score (nSPS) is 11.8. The van der Waals surface area contributed by atoms with E-state index in [1.165, 1.54) is 12.1 Å². The Balaban J connectivity index is 1.54. The average molecular weight is 433 g/mol. The minimum Gasteiger partial charge on any atom is -0.337 e. The number of fused-ring (bicyclic) bond motifs is 1. The fourth-order valence-corrected chi connectivity index (χ4v) is 4.11. The largest absolute Gasteiger partial charge is 0.341 e. The third kappa shape index (κ3) is 3.76. The van der Waals surface area contributed by atoms with E-state index >= 15 is 0 Å². The number of hydrogen-bond donors (Lipinski definition) is 2. The van der Waals surface area contributed by atoms with Crippen molar-refractivity contribution < 1.29 is 22.0 Å². The maximum Gasteiger partial charge on any atom is 0.341 e. The van der Waals surface area contributed by atoms with Gasteiger partial charge in [-0.05, 0) is 53.9 Å². The second-order valence-electron chi connectivity index (χ2n) is 6.08. The lowest BCUT2D eigenvalue weighted by molar-refractivity contribution is 0.102. The molecule has 4 aromatic rings. The van der Waals surface area contributed by atoms with Gasteiger partial charge in [0.1, 0.15) is 5.82 Å². The summed E-state index contributed by atoms with van der Waals surface area (Å²) in [5, 5.41) is 4.64. The molecule has 0 spiro atoms. The van der Waals surface area contributed by atoms with Crippen LogP contribution in [0, 0.1) is 0 Å². The number of hydrogen-bond acceptors (Lipinski definition) is 5. The smallest absolute Gasteiger partial charge is 0.337 e. The predicted octanol–water partition coefficient (Wildman–Crippen LogP) is 4.54. The van der Waals surface area contributed by atoms with Crippen molar-refractivity contribution in [3.63, 3.8) is 0 Å². The third-order valence-corrected chi connectivity index (χ3v) is 6.45. The van der Waals surface area contributed by atoms with Crippen LogP contribution in [0.5, 0.6) is 0 Å². The number of rotatable bonds is 5. The quantitative estimate of drug-likeness (QED) is 0.483. The van der Waals surface area contributed by atoms with Crippen molar-refractivity contribution in [2.75, 3.05) is 5.32 Å². The van der Waals surface area contributed by atoms with Crippen LogP contribution in [0.1, 0.15) is 10.4 Å². The third-order valence-electron chi connectivity index (χ3n) is 4.17. The van der Waals surface area contributed by atoms with Gasteiger partial charge in [-0.15, -0.1) is 11.3 Å². The maximum atomic E-state index is 12.6. The van der Waals surface area contributed by atoms with Crippen molar-refractivity contribution in [3.8, 4) is 10.7 Å². The zero-order chi connectivity index (χ0) is 20.6. The molecule has 2 heterocycles. The Morgan fingerprint density at radius 2 is 1.86 bits per heavy atom. The van der Waals surface area contributed by atoms with Crippen molar-refractivity contribution in [3.05, 3.63) is 65.5 Å². The van der Waals surface area contributed by atoms with E-state index in [1.54, 1.807) is 29.5 Å². The molecule has 0 saturated heterocycles. The summed E-state index contributed by atoms with van der Waals surface area (Å²) in [5.74, 6) is -3.28. The molecule has 0 aliphatic rings. The van der Waals surface area contributed by atoms with Gasteiger partial charge in [0.25, 0.3) is 5.91 Å². The number of halogens is 2. The summed E-state index contributed by atoms with van der Waals surface area (Å²) in [6.07, 6.45) is 0. The van der Waals surface area contributed by atoms with Crippen molar-refractivity contribution in [1.29, 1.82) is 0 Å². The molecule has 0 aliphatic heterocycles. The van der Waals surface area contributed by atoms with E-state index in [0.717, 1.165) is 33.9 Å². The Morgan fingerprint density at radius 3 is 2.52 bits per heavy atom. The van der Waals surface area contributed by atoms with Crippen LogP contribution in [-0.2, 0) is 9.84 Å². The summed E-state index contributed by atoms with van der Waals surface area (Å²) >= 11 is 1.55. The van der Waals surface area contributed by atoms with Crippen LogP contribution in [-0.4, -0.2) is 30.1 Å². The summed E-state index contributed by atoms with van der Waals surface area (Å²) in [6.45, 7) is 0. The minimum absolute atomic E-state index is 0.141. The van der Waals surface area contributed by atoms with Gasteiger partial charge in [0.05, 0.1) is 20.8 Å². The molecule has 6 nitrogen and oxygen atoms in total. The molecule has 0 aliphatic carbocycles. The number of carbonyl (C=O) groups is 1. The summed E-state index contributed by atoms with van der Waals surface area (Å²) in [5.41, 5.74) is 2.13. The first-order valence-corrected chi connectivity index (χ1v) is 10.7. The van der Waals surface area contributed by atoms with Gasteiger partial charge >= 0.3 is 5.76 Å². The highest BCUT2D eigenvalue weighted by Crippen LogP contribution is 2.26. The number of aromatic amines is 1. The number of imidazole rings is 1. The van der Waals surface area contributed by atoms with Crippen LogP contribution in [0.2, 0.25) is 0 Å². The van der Waals surface area contributed by atoms with Gasteiger partial charge in [-0.1, -0.05) is 6.07 Å². The number of aromatic nitrogens is 2. The predicted molar refractivity (Wildman–Crippen MR) is 107 cm³/mol. The Labute approximate surface area is 168 Å². The highest BCUT2D eigenvalue weighted by molar-refractivity contribution is 7.91. The van der Waals surface area contributed by atoms with Crippen LogP contribution >= 0.6 is 11.3 Å². The standard InChI is InChI=1S/C19H13F2N3O3S2/c20-19(21)29(26,27)13-6-3-11(4-7-13)18(25)22-12-5-8-14-15(10-12)24-17(23-14)16-2-1-9-28-16/h1-10,19H,(H,22,25)(H,23,24). The lowest BCUT2D eigenvalue weighted by atomic mass is 10.2. The number of H-pyrrole nitrogens is 1. The molecular weight excluding hydrogens is 420 g/mol. The number of carbonyl (C=O) groups excluding carboxylic acids is 1. The first-order valence-electron chi connectivity index (χ1n) is 8.32. The second-order valence-corrected chi connectivity index (χ2v) is 8.94. The van der Waals surface area contributed by atoms with E-state index in [2.05, 4.69) is 15.3 Å². The Hall–Kier alpha value is -3.11. The summed E-state index contributed by atoms with van der Waals surface area (Å²) in [4.78, 5) is 20.6. The van der Waals surface area contributed by atoms with Gasteiger partial charge in [-0.3, -0.25) is 4.79 Å². The van der Waals surface area contributed by atoms with Gasteiger partial charge < -0.3 is 10.3 Å². The van der Waals surface area contributed by atoms with Gasteiger partial charge in [-0.25, -0.2) is 13.4 Å². The molecular formula is C19H13F2N3O3S2. The number of benzene rings is 2. The minimum atomic E-state index is -4.69. The first kappa shape index (κ1) is 19.2. The molecule has 0 fully saturated rings. The lowest BCUT2D eigenvalue weighted by Gasteiger charge is -2.07. The molecule has 2 N–H and O–H groups in total. The summed E-state index contributed by atoms with van der Waals surface area (Å²) in [7, 11) is -4.69. The zero-order valence-corrected chi connectivity index (χ0v) is 16.2. The number of nitrogens with one attached hydrogen (secondary N) is 2. The van der Waals surface area contributed by atoms with E-state index in [0.29, 0.717) is 5.69 Å². The van der Waals surface area contributed by atoms with Crippen molar-refractivity contribution in [2.45, 2.75) is 10.7 Å². The number of anilines is 1. The molecule has 4 rings (SSSR count). The van der Waals surface area contributed by atoms with E-state index in [1.807, 2.05) is 17.5 Å². The van der Waals surface area contributed by atoms with Crippen molar-refractivity contribution >= 4 is 43.8 Å². The van der Waals surface area contributed by atoms with Crippen molar-refractivity contribution in [1.82, 2.24) is 9.97 Å². The summed E-state index contributed by atoms with van der Waals surface area (Å²) < 4.78 is 48.1. The van der Waals surface area contributed by atoms with E-state index < -0.39 is 26.4 Å². The molecule has 1 amide bonds. The zero-order valence-electron chi connectivity index (χ0n) is 14.6. The molecule has 0 radical (unpaired) electrons. The SMILES string of the molecule is O=C(Nc1ccc2nc(-c3cccs3)[nH]c2c1)c1ccc(S(=O)(=O)C(F)F)cc1. The number of nitrogens with zero attached hydrogens (tertiary/aromatic N) is 1. The number of alkyl halides is 2. The molecule has 0 saturated carbocycles. The Bertz CT molecular complexity index is 1280. The maximum absolute atomic E-state index is 12.6. The summed E-state index contributed by atoms with van der Waals surface area (Å²) in [6, 6.07) is 13.4. The molecule has 29 heavy (non-hydrogen) atoms. The van der Waals surface area contributed by atoms with E-state index in [9.17, 15) is 22.0 Å². The highest BCUT2D eigenvalue weighted by Gasteiger charge is 2.26. The van der Waals surface area contributed by atoms with E-state index in [4.69, 9.17) is 0 Å². The fourth-order valence-electron chi connectivity index (χ4n) is 2.72. The molecule has 0 bridgehead atoms. The molecule has 0 atom stereocenters. The van der Waals surface area contributed by atoms with Gasteiger partial charge in [0.15, 0.2) is 0 Å². The fraction of sp³-hybridized carbons (Fsp3) is 0.0526. The van der Waals surface area contributed by atoms with E-state index in [-0.39, 0.29) is 5.56 Å². The van der Waals surface area contributed by atoms with Crippen LogP contribution in [0.3, 0.4) is 0 Å². The van der Waals surface area contributed by atoms with Gasteiger partial charge in [-0.2, -0.15) is 8.78 Å². The van der Waals surface area contributed by atoms with Gasteiger partial charge in [0, 0.05) is 11.3 Å². The van der Waals surface area contributed by atoms with Crippen molar-refractivity contribution in [2.24, 2.45) is 0 Å². The van der Waals surface area contributed by atoms with Crippen LogP contribution in [0.4, 0.5) is 14.5 Å². The Morgan fingerprint density at radius 1 is 1.10 bits per heavy atom. The molecule has 0 unspecified atom stereocenters. The molecule has 148 valence electrons. The molecule has 2 aromatic carbocycles. The number of thiophene rings is 1. The van der Waals surface area contributed by atoms with Crippen LogP contribution < -0.4 is 5.32 Å². The lowest BCUT2D eigenvalue weighted by Crippen LogP contribution is -2.14. The van der Waals surface area contributed by atoms with Gasteiger partial charge in [0.2, 0.25) is 9.84 Å². The second kappa shape index (κ2) is 7.37. The molecule has 2 aromatic heterocycles. The number of sulfone groups is 1. The van der Waals surface area contributed by atoms with Crippen LogP contribution in [0.25, 0.3) is 21.7 Å². The monoisotopic (exact) mass is 433 g/mol. The topological polar surface area (TPSA) is 91.9 Å². The first-order chi connectivity index (χ1) is 13.8.